The summed E-state index contributed by atoms with van der Waals surface area (Å²) in [6.07, 6.45) is 11.7. The lowest BCUT2D eigenvalue weighted by Gasteiger charge is -2.31. The molecule has 3 heterocycles. The van der Waals surface area contributed by atoms with Gasteiger partial charge in [-0.1, -0.05) is 0 Å². The van der Waals surface area contributed by atoms with Gasteiger partial charge in [0.1, 0.15) is 6.61 Å². The first-order valence-electron chi connectivity index (χ1n) is 6.02. The standard InChI is InChI=1S/C13H13N3O2/c14-12(17)9-1-2-10-6-16-11(7-15(10)5-9)18-8-13(16)3-4-13/h1-2,5-7H,3-4,8H2,(H2,14,17). The first-order valence-corrected chi connectivity index (χ1v) is 6.02. The third kappa shape index (κ3) is 1.19. The number of amides is 1. The van der Waals surface area contributed by atoms with Gasteiger partial charge in [-0.2, -0.15) is 0 Å². The highest BCUT2D eigenvalue weighted by Gasteiger charge is 2.55. The normalized spacial score (nSPS) is 25.9. The van der Waals surface area contributed by atoms with E-state index < -0.39 is 5.91 Å². The predicted octanol–water partition coefficient (Wildman–Crippen LogP) is 0.746. The molecule has 4 aliphatic rings. The molecule has 0 unspecified atom stereocenters. The fourth-order valence-electron chi connectivity index (χ4n) is 2.56. The van der Waals surface area contributed by atoms with Gasteiger partial charge in [-0.05, 0) is 25.0 Å². The summed E-state index contributed by atoms with van der Waals surface area (Å²) >= 11 is 0. The van der Waals surface area contributed by atoms with Gasteiger partial charge >= 0.3 is 0 Å². The molecule has 3 aliphatic heterocycles. The maximum atomic E-state index is 11.2. The molecule has 2 fully saturated rings. The molecule has 5 heteroatoms. The lowest BCUT2D eigenvalue weighted by Crippen LogP contribution is -2.32. The van der Waals surface area contributed by atoms with Gasteiger partial charge in [-0.25, -0.2) is 0 Å². The topological polar surface area (TPSA) is 58.8 Å². The van der Waals surface area contributed by atoms with Crippen LogP contribution in [0.15, 0.2) is 47.9 Å². The monoisotopic (exact) mass is 243 g/mol. The number of carbonyl (C=O) groups excluding carboxylic acids is 1. The van der Waals surface area contributed by atoms with Crippen LogP contribution in [-0.4, -0.2) is 27.9 Å². The zero-order chi connectivity index (χ0) is 12.3. The van der Waals surface area contributed by atoms with Gasteiger partial charge < -0.3 is 20.3 Å². The zero-order valence-electron chi connectivity index (χ0n) is 9.80. The van der Waals surface area contributed by atoms with E-state index in [-0.39, 0.29) is 5.54 Å². The average molecular weight is 243 g/mol. The smallest absolute Gasteiger partial charge is 0.250 e. The van der Waals surface area contributed by atoms with E-state index in [9.17, 15) is 4.79 Å². The van der Waals surface area contributed by atoms with E-state index in [0.717, 1.165) is 18.2 Å². The van der Waals surface area contributed by atoms with Crippen molar-refractivity contribution in [2.45, 2.75) is 18.4 Å². The molecule has 0 aromatic carbocycles. The van der Waals surface area contributed by atoms with Crippen LogP contribution in [0.25, 0.3) is 0 Å². The average Bonchev–Trinajstić information content (AvgIpc) is 3.07. The summed E-state index contributed by atoms with van der Waals surface area (Å²) in [5.74, 6) is 0.434. The van der Waals surface area contributed by atoms with Crippen molar-refractivity contribution in [3.63, 3.8) is 0 Å². The Balaban J connectivity index is 1.72. The number of primary amides is 1. The largest absolute Gasteiger partial charge is 0.475 e. The SMILES string of the molecule is NC(=O)C1=CN2C=C3OCC4(CC4)N3C=C2C=C1. The van der Waals surface area contributed by atoms with Crippen molar-refractivity contribution < 1.29 is 9.53 Å². The van der Waals surface area contributed by atoms with Crippen molar-refractivity contribution in [1.82, 2.24) is 9.80 Å². The van der Waals surface area contributed by atoms with E-state index in [4.69, 9.17) is 10.5 Å². The van der Waals surface area contributed by atoms with Crippen molar-refractivity contribution in [3.8, 4) is 0 Å². The Morgan fingerprint density at radius 2 is 2.11 bits per heavy atom. The van der Waals surface area contributed by atoms with Crippen LogP contribution in [0.4, 0.5) is 0 Å². The highest BCUT2D eigenvalue weighted by molar-refractivity contribution is 5.95. The Morgan fingerprint density at radius 1 is 1.28 bits per heavy atom. The second-order valence-electron chi connectivity index (χ2n) is 5.09. The molecule has 1 saturated heterocycles. The molecule has 1 spiro atoms. The molecule has 5 nitrogen and oxygen atoms in total. The molecule has 2 N–H and O–H groups in total. The molecular weight excluding hydrogens is 230 g/mol. The van der Waals surface area contributed by atoms with Gasteiger partial charge in [0.15, 0.2) is 0 Å². The Hall–Kier alpha value is -2.17. The van der Waals surface area contributed by atoms with Crippen LogP contribution in [0.3, 0.4) is 0 Å². The Kier molecular flexibility index (Phi) is 1.63. The number of fused-ring (bicyclic) bond motifs is 3. The summed E-state index contributed by atoms with van der Waals surface area (Å²) in [5, 5.41) is 0. The summed E-state index contributed by atoms with van der Waals surface area (Å²) in [7, 11) is 0. The molecule has 4 rings (SSSR count). The number of nitrogens with two attached hydrogens (primary N) is 1. The van der Waals surface area contributed by atoms with Crippen LogP contribution >= 0.6 is 0 Å². The van der Waals surface area contributed by atoms with E-state index in [1.807, 2.05) is 17.2 Å². The van der Waals surface area contributed by atoms with Gasteiger partial charge in [0.25, 0.3) is 0 Å². The van der Waals surface area contributed by atoms with Gasteiger partial charge in [0.05, 0.1) is 23.0 Å². The number of carbonyl (C=O) groups is 1. The number of allylic oxidation sites excluding steroid dienone is 1. The van der Waals surface area contributed by atoms with Crippen LogP contribution in [0.1, 0.15) is 12.8 Å². The summed E-state index contributed by atoms with van der Waals surface area (Å²) in [5.41, 5.74) is 7.01. The summed E-state index contributed by atoms with van der Waals surface area (Å²) in [6.45, 7) is 0.757. The van der Waals surface area contributed by atoms with Gasteiger partial charge in [-0.3, -0.25) is 4.79 Å². The van der Waals surface area contributed by atoms with Crippen LogP contribution in [0.5, 0.6) is 0 Å². The molecule has 0 bridgehead atoms. The maximum Gasteiger partial charge on any atom is 0.250 e. The van der Waals surface area contributed by atoms with Crippen molar-refractivity contribution in [2.24, 2.45) is 5.73 Å². The summed E-state index contributed by atoms with van der Waals surface area (Å²) < 4.78 is 5.71. The van der Waals surface area contributed by atoms with E-state index in [2.05, 4.69) is 11.1 Å². The Morgan fingerprint density at radius 3 is 2.83 bits per heavy atom. The van der Waals surface area contributed by atoms with E-state index in [0.29, 0.717) is 5.57 Å². The van der Waals surface area contributed by atoms with Crippen molar-refractivity contribution in [3.05, 3.63) is 47.9 Å². The van der Waals surface area contributed by atoms with Gasteiger partial charge in [0, 0.05) is 12.4 Å². The van der Waals surface area contributed by atoms with Crippen LogP contribution in [0.2, 0.25) is 0 Å². The highest BCUT2D eigenvalue weighted by Crippen LogP contribution is 2.50. The van der Waals surface area contributed by atoms with Crippen LogP contribution in [0, 0.1) is 0 Å². The summed E-state index contributed by atoms with van der Waals surface area (Å²) in [6, 6.07) is 0. The highest BCUT2D eigenvalue weighted by atomic mass is 16.5. The zero-order valence-corrected chi connectivity index (χ0v) is 9.80. The number of hydrogen-bond acceptors (Lipinski definition) is 4. The Bertz CT molecular complexity index is 567. The molecule has 0 atom stereocenters. The quantitative estimate of drug-likeness (QED) is 0.738. The third-order valence-corrected chi connectivity index (χ3v) is 3.87. The van der Waals surface area contributed by atoms with Gasteiger partial charge in [-0.15, -0.1) is 0 Å². The molecule has 1 saturated carbocycles. The molecule has 92 valence electrons. The van der Waals surface area contributed by atoms with Crippen LogP contribution in [-0.2, 0) is 9.53 Å². The van der Waals surface area contributed by atoms with E-state index >= 15 is 0 Å². The van der Waals surface area contributed by atoms with Crippen molar-refractivity contribution >= 4 is 5.91 Å². The number of nitrogens with zero attached hydrogens (tertiary/aromatic N) is 2. The first kappa shape index (κ1) is 9.82. The third-order valence-electron chi connectivity index (χ3n) is 3.87. The minimum atomic E-state index is -0.419. The molecule has 0 aromatic heterocycles. The fraction of sp³-hybridized carbons (Fsp3) is 0.308. The molecule has 1 aliphatic carbocycles. The fourth-order valence-corrected chi connectivity index (χ4v) is 2.56. The molecular formula is C13H13N3O2. The minimum absolute atomic E-state index is 0.201. The van der Waals surface area contributed by atoms with Crippen molar-refractivity contribution in [2.75, 3.05) is 6.61 Å². The van der Waals surface area contributed by atoms with E-state index in [1.54, 1.807) is 12.3 Å². The molecule has 1 amide bonds. The number of hydrogen-bond donors (Lipinski definition) is 1. The lowest BCUT2D eigenvalue weighted by molar-refractivity contribution is -0.114. The van der Waals surface area contributed by atoms with Crippen molar-refractivity contribution in [1.29, 1.82) is 0 Å². The molecule has 18 heavy (non-hydrogen) atoms. The first-order chi connectivity index (χ1) is 8.68. The van der Waals surface area contributed by atoms with Crippen LogP contribution < -0.4 is 5.73 Å². The number of ether oxygens (including phenoxy) is 1. The molecule has 0 aromatic rings. The second kappa shape index (κ2) is 2.98. The minimum Gasteiger partial charge on any atom is -0.475 e. The lowest BCUT2D eigenvalue weighted by atomic mass is 10.1. The predicted molar refractivity (Wildman–Crippen MR) is 64.2 cm³/mol. The summed E-state index contributed by atoms with van der Waals surface area (Å²) in [4.78, 5) is 15.3. The Labute approximate surface area is 104 Å². The molecule has 0 radical (unpaired) electrons. The number of rotatable bonds is 1. The van der Waals surface area contributed by atoms with E-state index in [1.165, 1.54) is 12.8 Å². The maximum absolute atomic E-state index is 11.2. The van der Waals surface area contributed by atoms with Gasteiger partial charge in [0.2, 0.25) is 11.8 Å². The second-order valence-corrected chi connectivity index (χ2v) is 5.09.